The van der Waals surface area contributed by atoms with E-state index in [9.17, 15) is 14.4 Å². The molecule has 0 fully saturated rings. The second-order valence-corrected chi connectivity index (χ2v) is 6.51. The molecule has 8 heteroatoms. The third-order valence-electron chi connectivity index (χ3n) is 2.84. The molecule has 0 aromatic heterocycles. The summed E-state index contributed by atoms with van der Waals surface area (Å²) in [5.74, 6) is -0.981. The number of aliphatic carboxylic acids is 1. The van der Waals surface area contributed by atoms with E-state index in [1.165, 1.54) is 0 Å². The van der Waals surface area contributed by atoms with E-state index < -0.39 is 11.6 Å². The Balaban J connectivity index is 0. The minimum atomic E-state index is -0.981. The van der Waals surface area contributed by atoms with E-state index in [1.807, 2.05) is 20.8 Å². The van der Waals surface area contributed by atoms with E-state index in [2.05, 4.69) is 11.9 Å². The molecule has 0 rings (SSSR count). The molecule has 152 valence electrons. The van der Waals surface area contributed by atoms with Crippen molar-refractivity contribution in [2.75, 3.05) is 26.7 Å². The smallest absolute Gasteiger partial charge is 0.410 e. The number of hydrogen-bond acceptors (Lipinski definition) is 5. The van der Waals surface area contributed by atoms with Crippen LogP contribution in [0.4, 0.5) is 9.59 Å². The summed E-state index contributed by atoms with van der Waals surface area (Å²) in [5, 5.41) is 10.3. The first-order valence-corrected chi connectivity index (χ1v) is 8.73. The largest absolute Gasteiger partial charge is 0.478 e. The molecule has 0 aliphatic rings. The van der Waals surface area contributed by atoms with Crippen molar-refractivity contribution in [2.45, 2.75) is 59.0 Å². The number of ether oxygens (including phenoxy) is 2. The number of carboxylic acid groups (broad SMARTS) is 1. The van der Waals surface area contributed by atoms with Crippen LogP contribution < -0.4 is 5.32 Å². The van der Waals surface area contributed by atoms with Gasteiger partial charge < -0.3 is 24.8 Å². The molecular weight excluding hydrogens is 340 g/mol. The van der Waals surface area contributed by atoms with Crippen LogP contribution in [-0.4, -0.2) is 60.5 Å². The van der Waals surface area contributed by atoms with Gasteiger partial charge in [0.1, 0.15) is 5.60 Å². The van der Waals surface area contributed by atoms with Crippen molar-refractivity contribution in [1.29, 1.82) is 0 Å². The lowest BCUT2D eigenvalue weighted by Gasteiger charge is -2.24. The zero-order valence-corrected chi connectivity index (χ0v) is 16.7. The van der Waals surface area contributed by atoms with E-state index in [-0.39, 0.29) is 12.2 Å². The van der Waals surface area contributed by atoms with Crippen LogP contribution in [0.1, 0.15) is 53.4 Å². The second kappa shape index (κ2) is 15.0. The molecule has 0 saturated heterocycles. The Hall–Kier alpha value is -2.25. The molecule has 0 aromatic carbocycles. The number of unbranched alkanes of at least 4 members (excludes halogenated alkanes) is 3. The third-order valence-corrected chi connectivity index (χ3v) is 2.84. The Labute approximate surface area is 156 Å². The maximum absolute atomic E-state index is 11.7. The highest BCUT2D eigenvalue weighted by atomic mass is 16.6. The summed E-state index contributed by atoms with van der Waals surface area (Å²) in [6, 6.07) is 0. The fraction of sp³-hybridized carbons (Fsp3) is 0.722. The lowest BCUT2D eigenvalue weighted by atomic mass is 10.2. The van der Waals surface area contributed by atoms with Crippen LogP contribution in [0, 0.1) is 0 Å². The highest BCUT2D eigenvalue weighted by Crippen LogP contribution is 2.10. The maximum Gasteiger partial charge on any atom is 0.410 e. The predicted octanol–water partition coefficient (Wildman–Crippen LogP) is 3.42. The Morgan fingerprint density at radius 2 is 1.69 bits per heavy atom. The van der Waals surface area contributed by atoms with Crippen molar-refractivity contribution in [3.63, 3.8) is 0 Å². The Morgan fingerprint density at radius 3 is 2.15 bits per heavy atom. The number of carbonyl (C=O) groups is 3. The van der Waals surface area contributed by atoms with E-state index >= 15 is 0 Å². The highest BCUT2D eigenvalue weighted by molar-refractivity contribution is 5.78. The lowest BCUT2D eigenvalue weighted by Crippen LogP contribution is -2.34. The molecule has 0 atom stereocenters. The van der Waals surface area contributed by atoms with Gasteiger partial charge in [0, 0.05) is 26.2 Å². The number of nitrogens with one attached hydrogen (secondary N) is 1. The summed E-state index contributed by atoms with van der Waals surface area (Å²) in [4.78, 5) is 33.6. The molecule has 8 nitrogen and oxygen atoms in total. The summed E-state index contributed by atoms with van der Waals surface area (Å²) in [5.41, 5.74) is -0.454. The van der Waals surface area contributed by atoms with Crippen LogP contribution in [0.5, 0.6) is 0 Å². The predicted molar refractivity (Wildman–Crippen MR) is 100 cm³/mol. The van der Waals surface area contributed by atoms with Crippen LogP contribution in [-0.2, 0) is 14.3 Å². The Bertz CT molecular complexity index is 432. The van der Waals surface area contributed by atoms with Crippen LogP contribution >= 0.6 is 0 Å². The molecule has 2 amide bonds. The van der Waals surface area contributed by atoms with Crippen molar-refractivity contribution >= 4 is 18.2 Å². The van der Waals surface area contributed by atoms with Crippen LogP contribution in [0.25, 0.3) is 0 Å². The fourth-order valence-corrected chi connectivity index (χ4v) is 1.63. The number of rotatable bonds is 9. The van der Waals surface area contributed by atoms with Crippen molar-refractivity contribution in [2.24, 2.45) is 0 Å². The summed E-state index contributed by atoms with van der Waals surface area (Å²) < 4.78 is 10.0. The first-order chi connectivity index (χ1) is 12.0. The summed E-state index contributed by atoms with van der Waals surface area (Å²) in [6.07, 6.45) is 4.05. The summed E-state index contributed by atoms with van der Waals surface area (Å²) >= 11 is 0. The highest BCUT2D eigenvalue weighted by Gasteiger charge is 2.18. The van der Waals surface area contributed by atoms with E-state index in [1.54, 1.807) is 18.9 Å². The van der Waals surface area contributed by atoms with E-state index in [0.29, 0.717) is 19.7 Å². The number of hydrogen-bond donors (Lipinski definition) is 2. The third kappa shape index (κ3) is 19.8. The van der Waals surface area contributed by atoms with Crippen molar-refractivity contribution in [1.82, 2.24) is 10.2 Å². The molecule has 0 aliphatic carbocycles. The van der Waals surface area contributed by atoms with Crippen LogP contribution in [0.2, 0.25) is 0 Å². The van der Waals surface area contributed by atoms with Gasteiger partial charge in [0.2, 0.25) is 0 Å². The quantitative estimate of drug-likeness (QED) is 0.473. The molecule has 0 spiro atoms. The molecule has 26 heavy (non-hydrogen) atoms. The zero-order valence-electron chi connectivity index (χ0n) is 16.7. The monoisotopic (exact) mass is 374 g/mol. The Kier molecular flexibility index (Phi) is 15.0. The van der Waals surface area contributed by atoms with Crippen molar-refractivity contribution in [3.05, 3.63) is 12.7 Å². The minimum absolute atomic E-state index is 0.286. The fourth-order valence-electron chi connectivity index (χ4n) is 1.63. The van der Waals surface area contributed by atoms with E-state index in [4.69, 9.17) is 14.6 Å². The summed E-state index contributed by atoms with van der Waals surface area (Å²) in [7, 11) is 1.75. The van der Waals surface area contributed by atoms with Gasteiger partial charge in [0.25, 0.3) is 0 Å². The molecule has 0 saturated carbocycles. The van der Waals surface area contributed by atoms with Crippen LogP contribution in [0.15, 0.2) is 12.7 Å². The van der Waals surface area contributed by atoms with Gasteiger partial charge in [-0.05, 0) is 40.5 Å². The normalized spacial score (nSPS) is 10.0. The van der Waals surface area contributed by atoms with Gasteiger partial charge in [0.15, 0.2) is 0 Å². The SMILES string of the molecule is C=CC(=O)O.CCOC(=O)NCCCCCCN(C)C(=O)OC(C)(C)C. The average molecular weight is 374 g/mol. The average Bonchev–Trinajstić information content (AvgIpc) is 2.52. The lowest BCUT2D eigenvalue weighted by molar-refractivity contribution is -0.131. The van der Waals surface area contributed by atoms with Crippen molar-refractivity contribution in [3.8, 4) is 0 Å². The van der Waals surface area contributed by atoms with Gasteiger partial charge in [-0.1, -0.05) is 19.4 Å². The van der Waals surface area contributed by atoms with Crippen molar-refractivity contribution < 1.29 is 29.0 Å². The van der Waals surface area contributed by atoms with Gasteiger partial charge in [0.05, 0.1) is 6.61 Å². The molecule has 0 aromatic rings. The standard InChI is InChI=1S/C15H30N2O4.C3H4O2/c1-6-20-13(18)16-11-9-7-8-10-12-17(5)14(19)21-15(2,3)4;1-2-3(4)5/h6-12H2,1-5H3,(H,16,18);2H,1H2,(H,4,5). The van der Waals surface area contributed by atoms with Gasteiger partial charge in [-0.15, -0.1) is 0 Å². The first-order valence-electron chi connectivity index (χ1n) is 8.73. The number of carboxylic acids is 1. The molecule has 0 heterocycles. The number of amides is 2. The molecular formula is C18H34N2O6. The van der Waals surface area contributed by atoms with Gasteiger partial charge in [-0.3, -0.25) is 0 Å². The topological polar surface area (TPSA) is 105 Å². The first kappa shape index (κ1) is 26.0. The molecule has 0 aliphatic heterocycles. The molecule has 0 unspecified atom stereocenters. The number of alkyl carbamates (subject to hydrolysis) is 1. The van der Waals surface area contributed by atoms with Gasteiger partial charge in [-0.25, -0.2) is 14.4 Å². The maximum atomic E-state index is 11.7. The molecule has 0 bridgehead atoms. The van der Waals surface area contributed by atoms with Crippen LogP contribution in [0.3, 0.4) is 0 Å². The Morgan fingerprint density at radius 1 is 1.15 bits per heavy atom. The molecule has 0 radical (unpaired) electrons. The number of nitrogens with zero attached hydrogens (tertiary/aromatic N) is 1. The van der Waals surface area contributed by atoms with Gasteiger partial charge >= 0.3 is 18.2 Å². The summed E-state index contributed by atoms with van der Waals surface area (Å²) in [6.45, 7) is 12.0. The zero-order chi connectivity index (χ0) is 20.6. The van der Waals surface area contributed by atoms with Gasteiger partial charge in [-0.2, -0.15) is 0 Å². The van der Waals surface area contributed by atoms with E-state index in [0.717, 1.165) is 31.8 Å². The number of carbonyl (C=O) groups excluding carboxylic acids is 2. The minimum Gasteiger partial charge on any atom is -0.478 e. The second-order valence-electron chi connectivity index (χ2n) is 6.51. The molecule has 2 N–H and O–H groups in total.